The fraction of sp³-hybridized carbons (Fsp3) is 0.179. The molecule has 0 amide bonds. The zero-order chi connectivity index (χ0) is 31.5. The van der Waals surface area contributed by atoms with Crippen LogP contribution in [0, 0.1) is 0 Å². The molecule has 0 atom stereocenters. The predicted octanol–water partition coefficient (Wildman–Crippen LogP) is 8.24. The molecule has 2 aromatic heterocycles. The van der Waals surface area contributed by atoms with Gasteiger partial charge < -0.3 is 9.30 Å². The van der Waals surface area contributed by atoms with E-state index in [1.807, 2.05) is 72.8 Å². The monoisotopic (exact) mass is 606 g/mol. The largest absolute Gasteiger partial charge is 0.465 e. The fourth-order valence-corrected chi connectivity index (χ4v) is 6.47. The van der Waals surface area contributed by atoms with Gasteiger partial charge in [-0.1, -0.05) is 92.1 Å². The number of rotatable bonds is 7. The molecule has 0 saturated heterocycles. The van der Waals surface area contributed by atoms with Crippen molar-refractivity contribution in [1.29, 1.82) is 0 Å². The smallest absolute Gasteiger partial charge is 0.337 e. The first-order chi connectivity index (χ1) is 22.6. The summed E-state index contributed by atoms with van der Waals surface area (Å²) < 4.78 is 8.64. The van der Waals surface area contributed by atoms with Crippen molar-refractivity contribution in [3.8, 4) is 28.2 Å². The second-order valence-corrected chi connectivity index (χ2v) is 11.6. The molecule has 7 nitrogen and oxygen atoms in total. The van der Waals surface area contributed by atoms with Crippen LogP contribution in [0.15, 0.2) is 125 Å². The third-order valence-electron chi connectivity index (χ3n) is 8.75. The normalized spacial score (nSPS) is 13.8. The Kier molecular flexibility index (Phi) is 8.12. The van der Waals surface area contributed by atoms with E-state index in [2.05, 4.69) is 34.9 Å². The molecule has 2 heterocycles. The van der Waals surface area contributed by atoms with Crippen molar-refractivity contribution in [3.05, 3.63) is 143 Å². The Morgan fingerprint density at radius 1 is 0.826 bits per heavy atom. The average Bonchev–Trinajstić information content (AvgIpc) is 3.51. The van der Waals surface area contributed by atoms with Gasteiger partial charge in [0.15, 0.2) is 0 Å². The van der Waals surface area contributed by atoms with Gasteiger partial charge in [0.25, 0.3) is 5.56 Å². The number of benzene rings is 4. The van der Waals surface area contributed by atoms with Gasteiger partial charge in [-0.3, -0.25) is 4.79 Å². The molecule has 0 radical (unpaired) electrons. The highest BCUT2D eigenvalue weighted by atomic mass is 16.5. The van der Waals surface area contributed by atoms with Gasteiger partial charge in [0.05, 0.1) is 41.2 Å². The molecule has 6 aromatic rings. The van der Waals surface area contributed by atoms with Gasteiger partial charge in [0.1, 0.15) is 5.82 Å². The average molecular weight is 607 g/mol. The van der Waals surface area contributed by atoms with Crippen LogP contribution in [0.3, 0.4) is 0 Å². The van der Waals surface area contributed by atoms with E-state index in [1.165, 1.54) is 18.2 Å². The molecule has 1 aliphatic carbocycles. The molecule has 0 aliphatic heterocycles. The highest BCUT2D eigenvalue weighted by molar-refractivity contribution is 5.94. The number of aromatic nitrogens is 3. The lowest BCUT2D eigenvalue weighted by atomic mass is 9.88. The van der Waals surface area contributed by atoms with Crippen molar-refractivity contribution in [2.75, 3.05) is 7.11 Å². The maximum absolute atomic E-state index is 14.0. The molecule has 7 heteroatoms. The van der Waals surface area contributed by atoms with E-state index in [1.54, 1.807) is 18.3 Å². The molecule has 1 saturated carbocycles. The zero-order valence-electron chi connectivity index (χ0n) is 25.7. The van der Waals surface area contributed by atoms with Gasteiger partial charge in [-0.2, -0.15) is 9.78 Å². The summed E-state index contributed by atoms with van der Waals surface area (Å²) >= 11 is 0. The van der Waals surface area contributed by atoms with Crippen LogP contribution in [0.2, 0.25) is 0 Å². The summed E-state index contributed by atoms with van der Waals surface area (Å²) in [6.45, 7) is 0. The van der Waals surface area contributed by atoms with Gasteiger partial charge in [-0.15, -0.1) is 0 Å². The summed E-state index contributed by atoms with van der Waals surface area (Å²) in [5, 5.41) is 5.47. The number of carbonyl (C=O) groups is 1. The molecule has 0 bridgehead atoms. The SMILES string of the molecule is COC(=O)c1ccc(-n2c(-c3ccccc3)cc(C=Nn3c(C4CCCCC4)nc4ccccc4c3=O)c2-c2ccccc2)cc1. The van der Waals surface area contributed by atoms with Crippen LogP contribution < -0.4 is 5.56 Å². The molecule has 0 unspecified atom stereocenters. The predicted molar refractivity (Wildman–Crippen MR) is 183 cm³/mol. The summed E-state index contributed by atoms with van der Waals surface area (Å²) in [5.74, 6) is 0.512. The molecule has 1 fully saturated rings. The number of hydrogen-bond donors (Lipinski definition) is 0. The Labute approximate surface area is 267 Å². The van der Waals surface area contributed by atoms with E-state index < -0.39 is 0 Å². The summed E-state index contributed by atoms with van der Waals surface area (Å²) in [6.07, 6.45) is 7.21. The number of esters is 1. The Hall–Kier alpha value is -5.56. The number of para-hydroxylation sites is 1. The van der Waals surface area contributed by atoms with Crippen molar-refractivity contribution in [2.45, 2.75) is 38.0 Å². The van der Waals surface area contributed by atoms with Crippen molar-refractivity contribution in [3.63, 3.8) is 0 Å². The fourth-order valence-electron chi connectivity index (χ4n) is 6.47. The van der Waals surface area contributed by atoms with Gasteiger partial charge in [0, 0.05) is 17.2 Å². The number of nitrogens with zero attached hydrogens (tertiary/aromatic N) is 4. The summed E-state index contributed by atoms with van der Waals surface area (Å²) in [6, 6.07) is 37.3. The highest BCUT2D eigenvalue weighted by Gasteiger charge is 2.23. The lowest BCUT2D eigenvalue weighted by Gasteiger charge is -2.22. The third-order valence-corrected chi connectivity index (χ3v) is 8.75. The molecule has 0 spiro atoms. The van der Waals surface area contributed by atoms with E-state index in [0.29, 0.717) is 16.5 Å². The molecule has 228 valence electrons. The van der Waals surface area contributed by atoms with Crippen molar-refractivity contribution < 1.29 is 9.53 Å². The number of hydrogen-bond acceptors (Lipinski definition) is 5. The van der Waals surface area contributed by atoms with Gasteiger partial charge in [0.2, 0.25) is 0 Å². The standard InChI is InChI=1S/C39H34N4O3/c1-46-39(45)30-21-23-32(24-22-30)42-35(27-13-5-2-6-14-27)25-31(36(42)28-15-7-3-8-16-28)26-40-43-37(29-17-9-4-10-18-29)41-34-20-12-11-19-33(34)38(43)44/h2-3,5-8,11-16,19-26,29H,4,9-10,17-18H2,1H3. The van der Waals surface area contributed by atoms with Gasteiger partial charge >= 0.3 is 5.97 Å². The van der Waals surface area contributed by atoms with E-state index in [4.69, 9.17) is 14.8 Å². The van der Waals surface area contributed by atoms with E-state index in [9.17, 15) is 9.59 Å². The quantitative estimate of drug-likeness (QED) is 0.135. The lowest BCUT2D eigenvalue weighted by molar-refractivity contribution is 0.0600. The first-order valence-electron chi connectivity index (χ1n) is 15.7. The van der Waals surface area contributed by atoms with Crippen LogP contribution in [0.1, 0.15) is 59.8 Å². The first kappa shape index (κ1) is 29.2. The topological polar surface area (TPSA) is 78.5 Å². The maximum atomic E-state index is 14.0. The molecular formula is C39H34N4O3. The number of ether oxygens (including phenoxy) is 1. The summed E-state index contributed by atoms with van der Waals surface area (Å²) in [4.78, 5) is 31.2. The lowest BCUT2D eigenvalue weighted by Crippen LogP contribution is -2.25. The van der Waals surface area contributed by atoms with Crippen LogP contribution in [-0.4, -0.2) is 33.5 Å². The van der Waals surface area contributed by atoms with Crippen molar-refractivity contribution >= 4 is 23.1 Å². The van der Waals surface area contributed by atoms with Crippen LogP contribution in [0.25, 0.3) is 39.1 Å². The Morgan fingerprint density at radius 3 is 2.17 bits per heavy atom. The molecule has 4 aromatic carbocycles. The van der Waals surface area contributed by atoms with Crippen LogP contribution in [-0.2, 0) is 4.74 Å². The maximum Gasteiger partial charge on any atom is 0.337 e. The minimum absolute atomic E-state index is 0.162. The van der Waals surface area contributed by atoms with Crippen molar-refractivity contribution in [2.24, 2.45) is 5.10 Å². The second kappa shape index (κ2) is 12.8. The minimum atomic E-state index is -0.387. The van der Waals surface area contributed by atoms with Gasteiger partial charge in [-0.05, 0) is 66.4 Å². The highest BCUT2D eigenvalue weighted by Crippen LogP contribution is 2.36. The Bertz CT molecular complexity index is 2090. The number of carbonyl (C=O) groups excluding carboxylic acids is 1. The molecule has 0 N–H and O–H groups in total. The van der Waals surface area contributed by atoms with Crippen LogP contribution in [0.5, 0.6) is 0 Å². The molecule has 7 rings (SSSR count). The van der Waals surface area contributed by atoms with Gasteiger partial charge in [-0.25, -0.2) is 9.78 Å². The number of fused-ring (bicyclic) bond motifs is 1. The Balaban J connectivity index is 1.45. The van der Waals surface area contributed by atoms with E-state index in [0.717, 1.165) is 65.3 Å². The van der Waals surface area contributed by atoms with Crippen LogP contribution in [0.4, 0.5) is 0 Å². The minimum Gasteiger partial charge on any atom is -0.465 e. The van der Waals surface area contributed by atoms with Crippen molar-refractivity contribution in [1.82, 2.24) is 14.2 Å². The molecular weight excluding hydrogens is 572 g/mol. The Morgan fingerprint density at radius 2 is 1.48 bits per heavy atom. The summed E-state index contributed by atoms with van der Waals surface area (Å²) in [7, 11) is 1.38. The van der Waals surface area contributed by atoms with E-state index >= 15 is 0 Å². The van der Waals surface area contributed by atoms with Crippen LogP contribution >= 0.6 is 0 Å². The molecule has 1 aliphatic rings. The third kappa shape index (κ3) is 5.56. The first-order valence-corrected chi connectivity index (χ1v) is 15.7. The zero-order valence-corrected chi connectivity index (χ0v) is 25.7. The van der Waals surface area contributed by atoms with E-state index in [-0.39, 0.29) is 17.4 Å². The second-order valence-electron chi connectivity index (χ2n) is 11.6. The molecule has 46 heavy (non-hydrogen) atoms. The summed E-state index contributed by atoms with van der Waals surface area (Å²) in [5.41, 5.74) is 6.60. The number of methoxy groups -OCH3 is 1.